The van der Waals surface area contributed by atoms with E-state index in [0.717, 1.165) is 24.0 Å². The van der Waals surface area contributed by atoms with Crippen LogP contribution in [-0.2, 0) is 24.2 Å². The zero-order chi connectivity index (χ0) is 19.4. The van der Waals surface area contributed by atoms with Crippen LogP contribution in [0.2, 0.25) is 0 Å². The predicted molar refractivity (Wildman–Crippen MR) is 117 cm³/mol. The Morgan fingerprint density at radius 2 is 1.55 bits per heavy atom. The maximum Gasteiger partial charge on any atom is 1.00 e. The molecule has 2 aliphatic rings. The molecule has 29 heavy (non-hydrogen) atoms. The van der Waals surface area contributed by atoms with Crippen molar-refractivity contribution in [2.75, 3.05) is 6.61 Å². The van der Waals surface area contributed by atoms with Crippen LogP contribution in [0.4, 0.5) is 0 Å². The fourth-order valence-corrected chi connectivity index (χ4v) is 3.65. The Labute approximate surface area is 197 Å². The van der Waals surface area contributed by atoms with Gasteiger partial charge in [0, 0.05) is 17.4 Å². The molecule has 0 spiro atoms. The molecule has 0 saturated heterocycles. The molecule has 0 aliphatic heterocycles. The zero-order valence-corrected chi connectivity index (χ0v) is 18.9. The van der Waals surface area contributed by atoms with Gasteiger partial charge in [0.1, 0.15) is 0 Å². The number of allylic oxidation sites excluding steroid dienone is 2. The minimum atomic E-state index is -0.222. The number of ether oxygens (including phenoxy) is 1. The van der Waals surface area contributed by atoms with E-state index in [0.29, 0.717) is 12.2 Å². The van der Waals surface area contributed by atoms with Gasteiger partial charge in [-0.15, -0.1) is 0 Å². The van der Waals surface area contributed by atoms with Crippen molar-refractivity contribution in [3.63, 3.8) is 0 Å². The van der Waals surface area contributed by atoms with E-state index in [1.165, 1.54) is 27.8 Å². The molecular formula is C24H27AlLiO3. The monoisotopic (exact) mass is 397 g/mol. The molecule has 2 aliphatic carbocycles. The number of hydrogen-bond donors (Lipinski definition) is 1. The van der Waals surface area contributed by atoms with Crippen LogP contribution in [0, 0.1) is 13.8 Å². The summed E-state index contributed by atoms with van der Waals surface area (Å²) in [6.45, 7) is 6.58. The van der Waals surface area contributed by atoms with Crippen molar-refractivity contribution in [2.24, 2.45) is 0 Å². The Kier molecular flexibility index (Phi) is 10.2. The molecule has 0 fully saturated rings. The Morgan fingerprint density at radius 3 is 2.14 bits per heavy atom. The van der Waals surface area contributed by atoms with Gasteiger partial charge in [0.2, 0.25) is 0 Å². The van der Waals surface area contributed by atoms with E-state index in [9.17, 15) is 4.79 Å². The molecule has 4 rings (SSSR count). The number of fused-ring (bicyclic) bond motifs is 2. The van der Waals surface area contributed by atoms with Crippen LogP contribution in [-0.4, -0.2) is 35.0 Å². The van der Waals surface area contributed by atoms with Gasteiger partial charge >= 0.3 is 24.8 Å². The molecule has 145 valence electrons. The second kappa shape index (κ2) is 11.6. The smallest absolute Gasteiger partial charge is 1.00 e. The van der Waals surface area contributed by atoms with E-state index in [2.05, 4.69) is 38.1 Å². The van der Waals surface area contributed by atoms with Gasteiger partial charge in [-0.2, -0.15) is 0 Å². The first-order valence-electron chi connectivity index (χ1n) is 9.41. The number of aryl methyl sites for hydroxylation is 2. The quantitative estimate of drug-likeness (QED) is 0.631. The van der Waals surface area contributed by atoms with Gasteiger partial charge in [0.05, 0.1) is 18.8 Å². The van der Waals surface area contributed by atoms with Gasteiger partial charge < -0.3 is 11.3 Å². The van der Waals surface area contributed by atoms with E-state index in [1.54, 1.807) is 0 Å². The van der Waals surface area contributed by atoms with Gasteiger partial charge in [-0.3, -0.25) is 0 Å². The first-order valence-corrected chi connectivity index (χ1v) is 9.41. The van der Waals surface area contributed by atoms with Crippen LogP contribution >= 0.6 is 0 Å². The minimum Gasteiger partial charge on any atom is -1.00 e. The fourth-order valence-electron chi connectivity index (χ4n) is 3.65. The Bertz CT molecular complexity index is 939. The van der Waals surface area contributed by atoms with Gasteiger partial charge in [-0.1, -0.05) is 42.5 Å². The molecule has 0 unspecified atom stereocenters. The zero-order valence-electron chi connectivity index (χ0n) is 18.8. The van der Waals surface area contributed by atoms with Gasteiger partial charge in [0.15, 0.2) is 0 Å². The third kappa shape index (κ3) is 5.55. The van der Waals surface area contributed by atoms with Crippen molar-refractivity contribution in [3.8, 4) is 0 Å². The summed E-state index contributed by atoms with van der Waals surface area (Å²) >= 11 is 0. The molecule has 0 aromatic heterocycles. The summed E-state index contributed by atoms with van der Waals surface area (Å²) in [7, 11) is 0. The number of aliphatic hydroxyl groups is 1. The summed E-state index contributed by atoms with van der Waals surface area (Å²) in [6.07, 6.45) is 10.3. The largest absolute Gasteiger partial charge is 1.00 e. The second-order valence-corrected chi connectivity index (χ2v) is 6.85. The van der Waals surface area contributed by atoms with Gasteiger partial charge in [-0.05, 0) is 78.6 Å². The number of hydrogen-bond acceptors (Lipinski definition) is 3. The van der Waals surface area contributed by atoms with Crippen LogP contribution in [0.1, 0.15) is 57.7 Å². The summed E-state index contributed by atoms with van der Waals surface area (Å²) in [5, 5.41) is 9.06. The SMILES string of the molecule is CCOC(=O)c1ccc(C)c2c1C=CC2.Cc1ccc(CO)c2c1CC=C2.[Al].[H-].[Li+]. The van der Waals surface area contributed by atoms with Gasteiger partial charge in [-0.25, -0.2) is 4.79 Å². The average molecular weight is 397 g/mol. The fraction of sp³-hybridized carbons (Fsp3) is 0.292. The molecule has 3 radical (unpaired) electrons. The van der Waals surface area contributed by atoms with Crippen molar-refractivity contribution < 1.29 is 34.9 Å². The Morgan fingerprint density at radius 1 is 1.00 bits per heavy atom. The van der Waals surface area contributed by atoms with E-state index in [1.807, 2.05) is 31.2 Å². The standard InChI is InChI=1S/C13H14O2.C11H12O.Al.Li.H/c1-3-15-13(14)12-8-7-9(2)10-5-4-6-11(10)12;1-8-5-6-9(7-12)11-4-2-3-10(8)11;;;/h4,6-8H,3,5H2,1-2H3;2,4-6,12H,3,7H2,1H3;;;/q;;;+1;-1. The minimum absolute atomic E-state index is 0. The van der Waals surface area contributed by atoms with Gasteiger partial charge in [0.25, 0.3) is 0 Å². The molecule has 0 saturated carbocycles. The average Bonchev–Trinajstić information content (AvgIpc) is 3.34. The normalized spacial score (nSPS) is 12.1. The first kappa shape index (κ1) is 25.5. The topological polar surface area (TPSA) is 46.5 Å². The molecule has 0 amide bonds. The number of esters is 1. The van der Waals surface area contributed by atoms with Crippen LogP contribution in [0.25, 0.3) is 12.2 Å². The van der Waals surface area contributed by atoms with E-state index >= 15 is 0 Å². The molecule has 5 heteroatoms. The van der Waals surface area contributed by atoms with Crippen LogP contribution in [0.5, 0.6) is 0 Å². The van der Waals surface area contributed by atoms with Crippen molar-refractivity contribution in [1.82, 2.24) is 0 Å². The van der Waals surface area contributed by atoms with Crippen molar-refractivity contribution >= 4 is 35.5 Å². The Balaban J connectivity index is 0.000000519. The predicted octanol–water partition coefficient (Wildman–Crippen LogP) is 1.53. The summed E-state index contributed by atoms with van der Waals surface area (Å²) in [5.74, 6) is -0.222. The van der Waals surface area contributed by atoms with Crippen LogP contribution in [0.15, 0.2) is 36.4 Å². The number of aliphatic hydroxyl groups excluding tert-OH is 1. The Hall–Kier alpha value is -1.52. The van der Waals surface area contributed by atoms with E-state index in [4.69, 9.17) is 9.84 Å². The van der Waals surface area contributed by atoms with Crippen molar-refractivity contribution in [3.05, 3.63) is 80.9 Å². The summed E-state index contributed by atoms with van der Waals surface area (Å²) < 4.78 is 5.02. The van der Waals surface area contributed by atoms with Crippen molar-refractivity contribution in [1.29, 1.82) is 0 Å². The third-order valence-electron chi connectivity index (χ3n) is 5.15. The number of carbonyl (C=O) groups is 1. The molecular weight excluding hydrogens is 370 g/mol. The molecule has 2 aromatic carbocycles. The van der Waals surface area contributed by atoms with Crippen LogP contribution in [0.3, 0.4) is 0 Å². The maximum absolute atomic E-state index is 11.7. The van der Waals surface area contributed by atoms with E-state index < -0.39 is 0 Å². The molecule has 3 nitrogen and oxygen atoms in total. The molecule has 2 aromatic rings. The first-order chi connectivity index (χ1) is 13.1. The molecule has 1 N–H and O–H groups in total. The van der Waals surface area contributed by atoms with E-state index in [-0.39, 0.29) is 50.2 Å². The molecule has 0 bridgehead atoms. The second-order valence-electron chi connectivity index (χ2n) is 6.85. The summed E-state index contributed by atoms with van der Waals surface area (Å²) in [6, 6.07) is 7.92. The van der Waals surface area contributed by atoms with Crippen LogP contribution < -0.4 is 18.9 Å². The van der Waals surface area contributed by atoms with Crippen molar-refractivity contribution in [2.45, 2.75) is 40.2 Å². The molecule has 0 heterocycles. The maximum atomic E-state index is 11.7. The molecule has 0 atom stereocenters. The number of rotatable bonds is 3. The number of carbonyl (C=O) groups excluding carboxylic acids is 1. The number of benzene rings is 2. The summed E-state index contributed by atoms with van der Waals surface area (Å²) in [4.78, 5) is 11.7. The summed E-state index contributed by atoms with van der Waals surface area (Å²) in [5.41, 5.74) is 9.19. The third-order valence-corrected chi connectivity index (χ3v) is 5.15.